The normalized spacial score (nSPS) is 25.0. The molecule has 1 atom stereocenters. The van der Waals surface area contributed by atoms with Gasteiger partial charge in [-0.1, -0.05) is 20.8 Å². The van der Waals surface area contributed by atoms with E-state index in [0.29, 0.717) is 0 Å². The van der Waals surface area contributed by atoms with E-state index in [4.69, 9.17) is 0 Å². The number of hydrogen-bond donors (Lipinski definition) is 0. The lowest BCUT2D eigenvalue weighted by Gasteiger charge is -2.29. The second-order valence-electron chi connectivity index (χ2n) is 4.78. The molecule has 13 heavy (non-hydrogen) atoms. The van der Waals surface area contributed by atoms with Crippen LogP contribution in [0.25, 0.3) is 0 Å². The first-order valence-corrected chi connectivity index (χ1v) is 5.29. The Balaban J connectivity index is 2.48. The molecule has 0 aliphatic carbocycles. The monoisotopic (exact) mass is 183 g/mol. The second-order valence-corrected chi connectivity index (χ2v) is 4.78. The maximum Gasteiger partial charge on any atom is 0.126 e. The molecule has 0 aromatic heterocycles. The van der Waals surface area contributed by atoms with E-state index >= 15 is 0 Å². The summed E-state index contributed by atoms with van der Waals surface area (Å²) in [6.07, 6.45) is 4.91. The highest BCUT2D eigenvalue weighted by atomic mass is 16.1. The Morgan fingerprint density at radius 2 is 2.23 bits per heavy atom. The van der Waals surface area contributed by atoms with Gasteiger partial charge in [0.25, 0.3) is 0 Å². The average Bonchev–Trinajstić information content (AvgIpc) is 2.51. The molecular weight excluding hydrogens is 162 g/mol. The third-order valence-electron chi connectivity index (χ3n) is 2.90. The highest BCUT2D eigenvalue weighted by molar-refractivity contribution is 5.58. The van der Waals surface area contributed by atoms with E-state index in [2.05, 4.69) is 11.8 Å². The van der Waals surface area contributed by atoms with Crippen molar-refractivity contribution in [1.29, 1.82) is 0 Å². The zero-order valence-corrected chi connectivity index (χ0v) is 9.05. The van der Waals surface area contributed by atoms with Crippen LogP contribution in [0, 0.1) is 5.41 Å². The van der Waals surface area contributed by atoms with Gasteiger partial charge >= 0.3 is 0 Å². The molecule has 76 valence electrons. The first-order chi connectivity index (χ1) is 6.09. The maximum atomic E-state index is 10.8. The molecule has 0 radical (unpaired) electrons. The predicted octanol–water partition coefficient (Wildman–Crippen LogP) is 2.09. The fourth-order valence-corrected chi connectivity index (χ4v) is 2.13. The Kier molecular flexibility index (Phi) is 3.48. The lowest BCUT2D eigenvalue weighted by Crippen LogP contribution is -2.38. The van der Waals surface area contributed by atoms with Crippen molar-refractivity contribution in [3.8, 4) is 0 Å². The summed E-state index contributed by atoms with van der Waals surface area (Å²) in [5.74, 6) is 0. The van der Waals surface area contributed by atoms with E-state index in [1.807, 2.05) is 13.8 Å². The lowest BCUT2D eigenvalue weighted by atomic mass is 9.94. The molecule has 0 saturated carbocycles. The van der Waals surface area contributed by atoms with Crippen molar-refractivity contribution in [2.24, 2.45) is 5.41 Å². The maximum absolute atomic E-state index is 10.8. The minimum Gasteiger partial charge on any atom is -0.303 e. The predicted molar refractivity (Wildman–Crippen MR) is 54.7 cm³/mol. The fraction of sp³-hybridized carbons (Fsp3) is 0.909. The van der Waals surface area contributed by atoms with Gasteiger partial charge in [-0.25, -0.2) is 0 Å². The highest BCUT2D eigenvalue weighted by Gasteiger charge is 2.28. The first kappa shape index (κ1) is 10.7. The number of likely N-dealkylation sites (tertiary alicyclic amines) is 1. The number of rotatable bonds is 4. The van der Waals surface area contributed by atoms with Gasteiger partial charge in [-0.05, 0) is 25.8 Å². The van der Waals surface area contributed by atoms with Crippen LogP contribution in [0.3, 0.4) is 0 Å². The third kappa shape index (κ3) is 2.80. The van der Waals surface area contributed by atoms with E-state index in [9.17, 15) is 4.79 Å². The molecule has 0 bridgehead atoms. The van der Waals surface area contributed by atoms with E-state index in [1.165, 1.54) is 25.8 Å². The molecule has 0 spiro atoms. The van der Waals surface area contributed by atoms with Gasteiger partial charge < -0.3 is 4.79 Å². The summed E-state index contributed by atoms with van der Waals surface area (Å²) in [6, 6.07) is 0.722. The minimum atomic E-state index is -0.169. The molecule has 0 N–H and O–H groups in total. The van der Waals surface area contributed by atoms with Crippen LogP contribution in [0.4, 0.5) is 0 Å². The summed E-state index contributed by atoms with van der Waals surface area (Å²) >= 11 is 0. The standard InChI is InChI=1S/C11H21NO/c1-4-10-6-5-7-12(10)8-11(2,3)9-13/h9-10H,4-8H2,1-3H3. The van der Waals surface area contributed by atoms with Gasteiger partial charge in [0.1, 0.15) is 6.29 Å². The van der Waals surface area contributed by atoms with Crippen molar-refractivity contribution in [1.82, 2.24) is 4.90 Å². The summed E-state index contributed by atoms with van der Waals surface area (Å²) in [5, 5.41) is 0. The quantitative estimate of drug-likeness (QED) is 0.622. The van der Waals surface area contributed by atoms with Crippen molar-refractivity contribution in [2.75, 3.05) is 13.1 Å². The van der Waals surface area contributed by atoms with Gasteiger partial charge in [0.15, 0.2) is 0 Å². The van der Waals surface area contributed by atoms with Crippen molar-refractivity contribution in [3.63, 3.8) is 0 Å². The van der Waals surface area contributed by atoms with Gasteiger partial charge in [-0.15, -0.1) is 0 Å². The zero-order valence-electron chi connectivity index (χ0n) is 9.05. The van der Waals surface area contributed by atoms with Crippen LogP contribution in [0.5, 0.6) is 0 Å². The number of hydrogen-bond acceptors (Lipinski definition) is 2. The number of aldehydes is 1. The molecule has 2 heteroatoms. The van der Waals surface area contributed by atoms with Crippen LogP contribution in [0.15, 0.2) is 0 Å². The summed E-state index contributed by atoms with van der Waals surface area (Å²) in [4.78, 5) is 13.2. The van der Waals surface area contributed by atoms with Crippen molar-refractivity contribution in [3.05, 3.63) is 0 Å². The molecule has 0 amide bonds. The van der Waals surface area contributed by atoms with Gasteiger partial charge in [0.2, 0.25) is 0 Å². The molecule has 1 aliphatic rings. The molecule has 1 aliphatic heterocycles. The summed E-state index contributed by atoms with van der Waals surface area (Å²) in [5.41, 5.74) is -0.169. The molecule has 0 aromatic rings. The molecule has 0 aromatic carbocycles. The fourth-order valence-electron chi connectivity index (χ4n) is 2.13. The van der Waals surface area contributed by atoms with Crippen molar-refractivity contribution < 1.29 is 4.79 Å². The van der Waals surface area contributed by atoms with Gasteiger partial charge in [-0.3, -0.25) is 4.90 Å². The Hall–Kier alpha value is -0.370. The van der Waals surface area contributed by atoms with E-state index in [0.717, 1.165) is 18.9 Å². The Bertz CT molecular complexity index is 177. The second kappa shape index (κ2) is 4.23. The van der Waals surface area contributed by atoms with E-state index < -0.39 is 0 Å². The minimum absolute atomic E-state index is 0.169. The Morgan fingerprint density at radius 1 is 1.54 bits per heavy atom. The SMILES string of the molecule is CCC1CCCN1CC(C)(C)C=O. The van der Waals surface area contributed by atoms with Crippen LogP contribution in [0.1, 0.15) is 40.0 Å². The van der Waals surface area contributed by atoms with Gasteiger partial charge in [0.05, 0.1) is 0 Å². The lowest BCUT2D eigenvalue weighted by molar-refractivity contribution is -0.115. The van der Waals surface area contributed by atoms with Crippen molar-refractivity contribution >= 4 is 6.29 Å². The van der Waals surface area contributed by atoms with Crippen LogP contribution in [-0.2, 0) is 4.79 Å². The van der Waals surface area contributed by atoms with Crippen LogP contribution >= 0.6 is 0 Å². The molecular formula is C11H21NO. The number of carbonyl (C=O) groups excluding carboxylic acids is 1. The Labute approximate surface area is 81.3 Å². The molecule has 1 fully saturated rings. The highest BCUT2D eigenvalue weighted by Crippen LogP contribution is 2.24. The third-order valence-corrected chi connectivity index (χ3v) is 2.90. The summed E-state index contributed by atoms with van der Waals surface area (Å²) < 4.78 is 0. The van der Waals surface area contributed by atoms with Crippen LogP contribution < -0.4 is 0 Å². The van der Waals surface area contributed by atoms with Crippen LogP contribution in [0.2, 0.25) is 0 Å². The van der Waals surface area contributed by atoms with Gasteiger partial charge in [-0.2, -0.15) is 0 Å². The Morgan fingerprint density at radius 3 is 2.77 bits per heavy atom. The van der Waals surface area contributed by atoms with Gasteiger partial charge in [0, 0.05) is 18.0 Å². The molecule has 1 heterocycles. The van der Waals surface area contributed by atoms with Crippen LogP contribution in [-0.4, -0.2) is 30.3 Å². The molecule has 1 unspecified atom stereocenters. The van der Waals surface area contributed by atoms with E-state index in [1.54, 1.807) is 0 Å². The summed E-state index contributed by atoms with van der Waals surface area (Å²) in [7, 11) is 0. The molecule has 1 rings (SSSR count). The number of nitrogens with zero attached hydrogens (tertiary/aromatic N) is 1. The summed E-state index contributed by atoms with van der Waals surface area (Å²) in [6.45, 7) is 8.37. The smallest absolute Gasteiger partial charge is 0.126 e. The topological polar surface area (TPSA) is 20.3 Å². The molecule has 2 nitrogen and oxygen atoms in total. The first-order valence-electron chi connectivity index (χ1n) is 5.29. The molecule has 1 saturated heterocycles. The average molecular weight is 183 g/mol. The number of carbonyl (C=O) groups is 1. The largest absolute Gasteiger partial charge is 0.303 e. The zero-order chi connectivity index (χ0) is 9.90. The van der Waals surface area contributed by atoms with E-state index in [-0.39, 0.29) is 5.41 Å². The van der Waals surface area contributed by atoms with Crippen molar-refractivity contribution in [2.45, 2.75) is 46.1 Å².